The first-order chi connectivity index (χ1) is 7.79. The van der Waals surface area contributed by atoms with E-state index in [4.69, 9.17) is 5.73 Å². The van der Waals surface area contributed by atoms with Crippen LogP contribution in [0.25, 0.3) is 0 Å². The summed E-state index contributed by atoms with van der Waals surface area (Å²) in [7, 11) is 0. The van der Waals surface area contributed by atoms with E-state index in [1.54, 1.807) is 10.6 Å². The Hall–Kier alpha value is -1.13. The average Bonchev–Trinajstić information content (AvgIpc) is 2.33. The molecule has 1 aromatic heterocycles. The molecule has 3 N–H and O–H groups in total. The van der Waals surface area contributed by atoms with Gasteiger partial charge >= 0.3 is 0 Å². The van der Waals surface area contributed by atoms with Gasteiger partial charge in [0.15, 0.2) is 0 Å². The first kappa shape index (κ1) is 11.4. The minimum Gasteiger partial charge on any atom is -0.326 e. The number of nitrogens with two attached hydrogens (primary N) is 1. The van der Waals surface area contributed by atoms with Gasteiger partial charge in [-0.1, -0.05) is 0 Å². The fourth-order valence-corrected chi connectivity index (χ4v) is 2.17. The van der Waals surface area contributed by atoms with Crippen molar-refractivity contribution in [1.29, 1.82) is 0 Å². The van der Waals surface area contributed by atoms with Crippen LogP contribution < -0.4 is 16.6 Å². The fourth-order valence-electron chi connectivity index (χ4n) is 2.17. The number of nitrogens with zero attached hydrogens (tertiary/aromatic N) is 1. The summed E-state index contributed by atoms with van der Waals surface area (Å²) in [6, 6.07) is 3.57. The molecule has 0 spiro atoms. The van der Waals surface area contributed by atoms with E-state index in [2.05, 4.69) is 5.32 Å². The number of hydrogen-bond acceptors (Lipinski definition) is 3. The zero-order chi connectivity index (χ0) is 11.4. The molecule has 0 saturated carbocycles. The summed E-state index contributed by atoms with van der Waals surface area (Å²) in [5.74, 6) is 0.627. The van der Waals surface area contributed by atoms with Crippen LogP contribution in [-0.2, 0) is 13.1 Å². The number of piperidine rings is 1. The molecule has 0 aromatic carbocycles. The highest BCUT2D eigenvalue weighted by atomic mass is 16.1. The molecule has 1 aromatic rings. The normalized spacial score (nSPS) is 17.6. The molecule has 0 radical (unpaired) electrons. The summed E-state index contributed by atoms with van der Waals surface area (Å²) >= 11 is 0. The summed E-state index contributed by atoms with van der Waals surface area (Å²) < 4.78 is 1.80. The quantitative estimate of drug-likeness (QED) is 0.772. The molecule has 1 saturated heterocycles. The van der Waals surface area contributed by atoms with Crippen molar-refractivity contribution in [3.63, 3.8) is 0 Å². The third-order valence-corrected chi connectivity index (χ3v) is 3.21. The maximum atomic E-state index is 11.8. The van der Waals surface area contributed by atoms with Crippen LogP contribution in [0.4, 0.5) is 0 Å². The van der Waals surface area contributed by atoms with E-state index in [1.807, 2.05) is 12.3 Å². The minimum absolute atomic E-state index is 0.0708. The molecule has 0 atom stereocenters. The molecule has 0 aliphatic carbocycles. The Morgan fingerprint density at radius 2 is 2.19 bits per heavy atom. The van der Waals surface area contributed by atoms with Crippen molar-refractivity contribution < 1.29 is 0 Å². The second-order valence-corrected chi connectivity index (χ2v) is 4.42. The lowest BCUT2D eigenvalue weighted by atomic mass is 9.98. The Bertz CT molecular complexity index is 393. The molecule has 1 aliphatic heterocycles. The van der Waals surface area contributed by atoms with E-state index < -0.39 is 0 Å². The molecular weight excluding hydrogens is 202 g/mol. The molecule has 2 rings (SSSR count). The molecule has 1 fully saturated rings. The lowest BCUT2D eigenvalue weighted by Crippen LogP contribution is -2.32. The molecule has 0 bridgehead atoms. The maximum absolute atomic E-state index is 11.8. The standard InChI is InChI=1S/C12H19N3O/c13-8-11-3-6-15(12(16)7-11)9-10-1-4-14-5-2-10/h3,6-7,10,14H,1-2,4-5,8-9,13H2. The lowest BCUT2D eigenvalue weighted by molar-refractivity contribution is 0.329. The largest absolute Gasteiger partial charge is 0.326 e. The Balaban J connectivity index is 2.06. The smallest absolute Gasteiger partial charge is 0.250 e. The van der Waals surface area contributed by atoms with Gasteiger partial charge in [-0.3, -0.25) is 4.79 Å². The number of rotatable bonds is 3. The lowest BCUT2D eigenvalue weighted by Gasteiger charge is -2.23. The fraction of sp³-hybridized carbons (Fsp3) is 0.583. The number of hydrogen-bond donors (Lipinski definition) is 2. The van der Waals surface area contributed by atoms with Gasteiger partial charge in [0.1, 0.15) is 0 Å². The molecule has 88 valence electrons. The van der Waals surface area contributed by atoms with Gasteiger partial charge in [0.25, 0.3) is 5.56 Å². The van der Waals surface area contributed by atoms with Gasteiger partial charge in [0, 0.05) is 25.4 Å². The van der Waals surface area contributed by atoms with Crippen molar-refractivity contribution in [2.75, 3.05) is 13.1 Å². The summed E-state index contributed by atoms with van der Waals surface area (Å²) in [5.41, 5.74) is 6.48. The second kappa shape index (κ2) is 5.27. The third-order valence-electron chi connectivity index (χ3n) is 3.21. The predicted octanol–water partition coefficient (Wildman–Crippen LogP) is 0.307. The van der Waals surface area contributed by atoms with Crippen LogP contribution >= 0.6 is 0 Å². The van der Waals surface area contributed by atoms with Crippen molar-refractivity contribution in [2.24, 2.45) is 11.7 Å². The predicted molar refractivity (Wildman–Crippen MR) is 64.2 cm³/mol. The van der Waals surface area contributed by atoms with Gasteiger partial charge in [0.2, 0.25) is 0 Å². The number of aromatic nitrogens is 1. The zero-order valence-corrected chi connectivity index (χ0v) is 9.48. The van der Waals surface area contributed by atoms with Gasteiger partial charge in [-0.2, -0.15) is 0 Å². The Kier molecular flexibility index (Phi) is 3.74. The first-order valence-electron chi connectivity index (χ1n) is 5.90. The van der Waals surface area contributed by atoms with E-state index in [-0.39, 0.29) is 5.56 Å². The van der Waals surface area contributed by atoms with Gasteiger partial charge < -0.3 is 15.6 Å². The molecule has 4 heteroatoms. The highest BCUT2D eigenvalue weighted by Crippen LogP contribution is 2.13. The molecule has 0 unspecified atom stereocenters. The molecule has 1 aliphatic rings. The van der Waals surface area contributed by atoms with Gasteiger partial charge in [0.05, 0.1) is 0 Å². The third kappa shape index (κ3) is 2.71. The van der Waals surface area contributed by atoms with Crippen molar-refractivity contribution in [3.8, 4) is 0 Å². The van der Waals surface area contributed by atoms with Gasteiger partial charge in [-0.25, -0.2) is 0 Å². The average molecular weight is 221 g/mol. The van der Waals surface area contributed by atoms with Crippen LogP contribution in [0.5, 0.6) is 0 Å². The molecule has 4 nitrogen and oxygen atoms in total. The first-order valence-corrected chi connectivity index (χ1v) is 5.90. The summed E-state index contributed by atoms with van der Waals surface area (Å²) in [6.07, 6.45) is 4.18. The SMILES string of the molecule is NCc1ccn(CC2CCNCC2)c(=O)c1. The number of nitrogens with one attached hydrogen (secondary N) is 1. The van der Waals surface area contributed by atoms with Crippen molar-refractivity contribution in [2.45, 2.75) is 25.9 Å². The van der Waals surface area contributed by atoms with Gasteiger partial charge in [-0.05, 0) is 43.5 Å². The summed E-state index contributed by atoms with van der Waals surface area (Å²) in [6.45, 7) is 3.41. The van der Waals surface area contributed by atoms with Crippen LogP contribution in [0.1, 0.15) is 18.4 Å². The molecule has 16 heavy (non-hydrogen) atoms. The highest BCUT2D eigenvalue weighted by Gasteiger charge is 2.13. The molecule has 2 heterocycles. The Morgan fingerprint density at radius 3 is 2.81 bits per heavy atom. The zero-order valence-electron chi connectivity index (χ0n) is 9.48. The maximum Gasteiger partial charge on any atom is 0.250 e. The topological polar surface area (TPSA) is 60.0 Å². The molecular formula is C12H19N3O. The van der Waals surface area contributed by atoms with Crippen molar-refractivity contribution >= 4 is 0 Å². The van der Waals surface area contributed by atoms with Crippen molar-refractivity contribution in [1.82, 2.24) is 9.88 Å². The van der Waals surface area contributed by atoms with E-state index >= 15 is 0 Å². The molecule has 0 amide bonds. The minimum atomic E-state index is 0.0708. The Labute approximate surface area is 95.5 Å². The summed E-state index contributed by atoms with van der Waals surface area (Å²) in [5, 5.41) is 3.33. The summed E-state index contributed by atoms with van der Waals surface area (Å²) in [4.78, 5) is 11.8. The van der Waals surface area contributed by atoms with Crippen LogP contribution in [0.2, 0.25) is 0 Å². The van der Waals surface area contributed by atoms with E-state index in [1.165, 1.54) is 0 Å². The monoisotopic (exact) mass is 221 g/mol. The van der Waals surface area contributed by atoms with Crippen molar-refractivity contribution in [3.05, 3.63) is 34.2 Å². The van der Waals surface area contributed by atoms with Crippen LogP contribution in [-0.4, -0.2) is 17.7 Å². The van der Waals surface area contributed by atoms with Crippen LogP contribution in [0, 0.1) is 5.92 Å². The number of pyridine rings is 1. The second-order valence-electron chi connectivity index (χ2n) is 4.42. The van der Waals surface area contributed by atoms with E-state index in [9.17, 15) is 4.79 Å². The van der Waals surface area contributed by atoms with E-state index in [0.717, 1.165) is 38.0 Å². The van der Waals surface area contributed by atoms with E-state index in [0.29, 0.717) is 12.5 Å². The van der Waals surface area contributed by atoms with Crippen LogP contribution in [0.15, 0.2) is 23.1 Å². The Morgan fingerprint density at radius 1 is 1.44 bits per heavy atom. The highest BCUT2D eigenvalue weighted by molar-refractivity contribution is 5.10. The van der Waals surface area contributed by atoms with Gasteiger partial charge in [-0.15, -0.1) is 0 Å². The van der Waals surface area contributed by atoms with Crippen LogP contribution in [0.3, 0.4) is 0 Å².